The molecule has 0 radical (unpaired) electrons. The van der Waals surface area contributed by atoms with Gasteiger partial charge in [0.05, 0.1) is 23.5 Å². The lowest BCUT2D eigenvalue weighted by atomic mass is 10.0. The normalized spacial score (nSPS) is 18.3. The second kappa shape index (κ2) is 11.9. The zero-order valence-corrected chi connectivity index (χ0v) is 23.7. The average Bonchev–Trinajstić information content (AvgIpc) is 3.65. The number of anilines is 1. The van der Waals surface area contributed by atoms with E-state index in [2.05, 4.69) is 39.6 Å². The minimum atomic E-state index is -0.222. The fourth-order valence-electron chi connectivity index (χ4n) is 6.01. The van der Waals surface area contributed by atoms with Crippen LogP contribution in [0.15, 0.2) is 60.8 Å². The molecule has 9 heteroatoms. The van der Waals surface area contributed by atoms with Gasteiger partial charge in [0.1, 0.15) is 30.1 Å². The van der Waals surface area contributed by atoms with Crippen molar-refractivity contribution in [3.8, 4) is 23.1 Å². The maximum absolute atomic E-state index is 14.0. The van der Waals surface area contributed by atoms with Gasteiger partial charge in [-0.25, -0.2) is 13.9 Å². The van der Waals surface area contributed by atoms with Crippen LogP contribution in [0, 0.1) is 17.1 Å². The standard InChI is InChI=1S/C32H36FN7O/c1-23(2)38-15-13-37(14-16-38)17-18-41-30-9-8-25(19-26(30)21-34)29-22-35-31-10-11-32(36-40(29)31)39-12-4-7-28(39)24-5-3-6-27(33)20-24/h3,5-6,8-11,19-20,22-23,28H,4,7,12-18H2,1-2H3. The number of imidazole rings is 1. The van der Waals surface area contributed by atoms with E-state index in [9.17, 15) is 9.65 Å². The van der Waals surface area contributed by atoms with Crippen LogP contribution in [-0.4, -0.2) is 76.3 Å². The van der Waals surface area contributed by atoms with Crippen molar-refractivity contribution < 1.29 is 9.13 Å². The third kappa shape index (κ3) is 5.76. The molecule has 0 N–H and O–H groups in total. The van der Waals surface area contributed by atoms with Gasteiger partial charge in [0.25, 0.3) is 0 Å². The Bertz CT molecular complexity index is 1550. The first-order valence-electron chi connectivity index (χ1n) is 14.5. The van der Waals surface area contributed by atoms with Gasteiger partial charge < -0.3 is 9.64 Å². The Balaban J connectivity index is 1.18. The number of hydrogen-bond donors (Lipinski definition) is 0. The van der Waals surface area contributed by atoms with Crippen LogP contribution in [0.25, 0.3) is 16.9 Å². The molecule has 4 aromatic rings. The number of piperazine rings is 1. The van der Waals surface area contributed by atoms with Gasteiger partial charge in [0.15, 0.2) is 5.65 Å². The summed E-state index contributed by atoms with van der Waals surface area (Å²) in [5, 5.41) is 14.9. The van der Waals surface area contributed by atoms with Crippen LogP contribution in [0.4, 0.5) is 10.2 Å². The maximum atomic E-state index is 14.0. The topological polar surface area (TPSA) is 72.9 Å². The van der Waals surface area contributed by atoms with E-state index in [1.54, 1.807) is 18.3 Å². The van der Waals surface area contributed by atoms with Crippen molar-refractivity contribution in [3.63, 3.8) is 0 Å². The van der Waals surface area contributed by atoms with Crippen LogP contribution in [0.3, 0.4) is 0 Å². The minimum absolute atomic E-state index is 0.0725. The lowest BCUT2D eigenvalue weighted by Gasteiger charge is -2.36. The predicted molar refractivity (Wildman–Crippen MR) is 158 cm³/mol. The molecule has 212 valence electrons. The van der Waals surface area contributed by atoms with E-state index in [0.717, 1.165) is 80.4 Å². The second-order valence-corrected chi connectivity index (χ2v) is 11.2. The van der Waals surface area contributed by atoms with E-state index < -0.39 is 0 Å². The van der Waals surface area contributed by atoms with Crippen molar-refractivity contribution in [2.45, 2.75) is 38.8 Å². The van der Waals surface area contributed by atoms with Crippen LogP contribution >= 0.6 is 0 Å². The summed E-state index contributed by atoms with van der Waals surface area (Å²) in [5.41, 5.74) is 3.82. The molecular formula is C32H36FN7O. The van der Waals surface area contributed by atoms with E-state index in [1.165, 1.54) is 6.07 Å². The minimum Gasteiger partial charge on any atom is -0.491 e. The molecule has 8 nitrogen and oxygen atoms in total. The summed E-state index contributed by atoms with van der Waals surface area (Å²) in [6.07, 6.45) is 3.74. The van der Waals surface area contributed by atoms with Gasteiger partial charge >= 0.3 is 0 Å². The largest absolute Gasteiger partial charge is 0.491 e. The maximum Gasteiger partial charge on any atom is 0.154 e. The van der Waals surface area contributed by atoms with Gasteiger partial charge in [-0.2, -0.15) is 5.26 Å². The van der Waals surface area contributed by atoms with Crippen molar-refractivity contribution in [2.24, 2.45) is 0 Å². The number of aromatic nitrogens is 3. The molecule has 41 heavy (non-hydrogen) atoms. The summed E-state index contributed by atoms with van der Waals surface area (Å²) in [5.74, 6) is 1.19. The van der Waals surface area contributed by atoms with Crippen LogP contribution in [0.1, 0.15) is 43.9 Å². The second-order valence-electron chi connectivity index (χ2n) is 11.2. The highest BCUT2D eigenvalue weighted by Gasteiger charge is 2.28. The van der Waals surface area contributed by atoms with Crippen molar-refractivity contribution in [2.75, 3.05) is 50.8 Å². The van der Waals surface area contributed by atoms with Crippen molar-refractivity contribution in [1.29, 1.82) is 5.26 Å². The Hall–Kier alpha value is -4.00. The third-order valence-corrected chi connectivity index (χ3v) is 8.33. The van der Waals surface area contributed by atoms with Gasteiger partial charge in [-0.15, -0.1) is 5.10 Å². The van der Waals surface area contributed by atoms with E-state index in [-0.39, 0.29) is 11.9 Å². The molecule has 2 aromatic heterocycles. The number of ether oxygens (including phenoxy) is 1. The Morgan fingerprint density at radius 3 is 2.68 bits per heavy atom. The summed E-state index contributed by atoms with van der Waals surface area (Å²) in [6.45, 7) is 10.9. The monoisotopic (exact) mass is 553 g/mol. The summed E-state index contributed by atoms with van der Waals surface area (Å²) >= 11 is 0. The van der Waals surface area contributed by atoms with Crippen molar-refractivity contribution in [3.05, 3.63) is 77.7 Å². The molecule has 6 rings (SSSR count). The lowest BCUT2D eigenvalue weighted by molar-refractivity contribution is 0.0971. The highest BCUT2D eigenvalue weighted by Crippen LogP contribution is 2.36. The molecule has 1 unspecified atom stereocenters. The first-order chi connectivity index (χ1) is 20.0. The molecule has 0 amide bonds. The number of nitrogens with zero attached hydrogens (tertiary/aromatic N) is 7. The SMILES string of the molecule is CC(C)N1CCN(CCOc2ccc(-c3cnc4ccc(N5CCCC5c5cccc(F)c5)nn34)cc2C#N)CC1. The molecule has 0 bridgehead atoms. The summed E-state index contributed by atoms with van der Waals surface area (Å²) in [6, 6.07) is 19.4. The number of nitriles is 1. The molecule has 0 aliphatic carbocycles. The lowest BCUT2D eigenvalue weighted by Crippen LogP contribution is -2.49. The quantitative estimate of drug-likeness (QED) is 0.299. The zero-order valence-electron chi connectivity index (χ0n) is 23.7. The zero-order chi connectivity index (χ0) is 28.3. The molecule has 1 atom stereocenters. The van der Waals surface area contributed by atoms with E-state index in [4.69, 9.17) is 9.84 Å². The smallest absolute Gasteiger partial charge is 0.154 e. The molecule has 0 spiro atoms. The number of fused-ring (bicyclic) bond motifs is 1. The summed E-state index contributed by atoms with van der Waals surface area (Å²) in [4.78, 5) is 11.7. The number of hydrogen-bond acceptors (Lipinski definition) is 7. The third-order valence-electron chi connectivity index (χ3n) is 8.33. The molecule has 2 aliphatic rings. The summed E-state index contributed by atoms with van der Waals surface area (Å²) in [7, 11) is 0. The molecule has 2 saturated heterocycles. The Morgan fingerprint density at radius 1 is 1.05 bits per heavy atom. The molecule has 0 saturated carbocycles. The Kier molecular flexibility index (Phi) is 7.86. The molecule has 2 fully saturated rings. The fourth-order valence-corrected chi connectivity index (χ4v) is 6.01. The average molecular weight is 554 g/mol. The van der Waals surface area contributed by atoms with Gasteiger partial charge in [-0.1, -0.05) is 12.1 Å². The Labute approximate surface area is 240 Å². The highest BCUT2D eigenvalue weighted by molar-refractivity contribution is 5.67. The first kappa shape index (κ1) is 27.2. The van der Waals surface area contributed by atoms with Gasteiger partial charge in [-0.3, -0.25) is 9.80 Å². The van der Waals surface area contributed by atoms with Crippen LogP contribution in [0.2, 0.25) is 0 Å². The number of benzene rings is 2. The van der Waals surface area contributed by atoms with E-state index in [0.29, 0.717) is 24.0 Å². The van der Waals surface area contributed by atoms with Gasteiger partial charge in [0, 0.05) is 50.9 Å². The first-order valence-corrected chi connectivity index (χ1v) is 14.5. The Morgan fingerprint density at radius 2 is 1.90 bits per heavy atom. The molecule has 2 aromatic carbocycles. The van der Waals surface area contributed by atoms with Crippen molar-refractivity contribution >= 4 is 11.5 Å². The molecular weight excluding hydrogens is 517 g/mol. The summed E-state index contributed by atoms with van der Waals surface area (Å²) < 4.78 is 21.8. The van der Waals surface area contributed by atoms with Crippen LogP contribution < -0.4 is 9.64 Å². The molecule has 2 aliphatic heterocycles. The predicted octanol–water partition coefficient (Wildman–Crippen LogP) is 5.15. The van der Waals surface area contributed by atoms with Gasteiger partial charge in [0.2, 0.25) is 0 Å². The number of halogens is 1. The van der Waals surface area contributed by atoms with Crippen LogP contribution in [-0.2, 0) is 0 Å². The van der Waals surface area contributed by atoms with E-state index >= 15 is 0 Å². The van der Waals surface area contributed by atoms with Crippen LogP contribution in [0.5, 0.6) is 5.75 Å². The highest BCUT2D eigenvalue weighted by atomic mass is 19.1. The van der Waals surface area contributed by atoms with Crippen molar-refractivity contribution in [1.82, 2.24) is 24.4 Å². The van der Waals surface area contributed by atoms with E-state index in [1.807, 2.05) is 40.9 Å². The van der Waals surface area contributed by atoms with Gasteiger partial charge in [-0.05, 0) is 74.7 Å². The number of rotatable bonds is 8. The molecule has 4 heterocycles. The fraction of sp³-hybridized carbons (Fsp3) is 0.406.